The molecule has 1 aliphatic rings. The van der Waals surface area contributed by atoms with E-state index >= 15 is 0 Å². The largest absolute Gasteiger partial charge is 0.383 e. The van der Waals surface area contributed by atoms with Gasteiger partial charge in [0.25, 0.3) is 5.91 Å². The van der Waals surface area contributed by atoms with Gasteiger partial charge < -0.3 is 11.1 Å². The van der Waals surface area contributed by atoms with E-state index in [-0.39, 0.29) is 74.1 Å². The number of hydrogen-bond donors (Lipinski definition) is 2. The van der Waals surface area contributed by atoms with Gasteiger partial charge in [0.2, 0.25) is 0 Å². The molecule has 1 heterocycles. The Hall–Kier alpha value is -1.74. The van der Waals surface area contributed by atoms with Crippen LogP contribution >= 0.6 is 92.8 Å². The maximum absolute atomic E-state index is 12.6. The van der Waals surface area contributed by atoms with E-state index < -0.39 is 5.91 Å². The van der Waals surface area contributed by atoms with Crippen LogP contribution in [0, 0.1) is 6.92 Å². The van der Waals surface area contributed by atoms with Gasteiger partial charge in [0, 0.05) is 16.7 Å². The minimum absolute atomic E-state index is 0.0118. The number of fused-ring (bicyclic) bond motifs is 1. The molecular formula is C23H10Cl8N4O2. The van der Waals surface area contributed by atoms with Gasteiger partial charge >= 0.3 is 0 Å². The van der Waals surface area contributed by atoms with Crippen molar-refractivity contribution in [3.8, 4) is 0 Å². The summed E-state index contributed by atoms with van der Waals surface area (Å²) >= 11 is 49.6. The van der Waals surface area contributed by atoms with Crippen molar-refractivity contribution in [1.82, 2.24) is 5.32 Å². The molecule has 0 aliphatic carbocycles. The normalized spacial score (nSPS) is 14.2. The molecule has 14 heteroatoms. The SMILES string of the molecule is Cc1c(N=C(N)c2c(Cl)c(Cl)c(Cl)c(Cl)c2C=O)cccc1N=C1NC(=O)c2c(Cl)c(Cl)c(Cl)c(Cl)c21. The highest BCUT2D eigenvalue weighted by atomic mass is 35.5. The summed E-state index contributed by atoms with van der Waals surface area (Å²) in [5.74, 6) is -0.565. The van der Waals surface area contributed by atoms with E-state index in [1.165, 1.54) is 0 Å². The van der Waals surface area contributed by atoms with Crippen molar-refractivity contribution in [3.05, 3.63) is 86.2 Å². The van der Waals surface area contributed by atoms with E-state index in [0.717, 1.165) is 0 Å². The Kier molecular flexibility index (Phi) is 8.25. The number of carbonyl (C=O) groups excluding carboxylic acids is 2. The summed E-state index contributed by atoms with van der Waals surface area (Å²) in [5.41, 5.74) is 7.78. The van der Waals surface area contributed by atoms with E-state index in [4.69, 9.17) is 98.5 Å². The van der Waals surface area contributed by atoms with Gasteiger partial charge in [-0.15, -0.1) is 0 Å². The van der Waals surface area contributed by atoms with Gasteiger partial charge in [-0.25, -0.2) is 9.98 Å². The fraction of sp³-hybridized carbons (Fsp3) is 0.0435. The molecule has 0 spiro atoms. The number of nitrogens with zero attached hydrogens (tertiary/aromatic N) is 2. The van der Waals surface area contributed by atoms with E-state index in [1.54, 1.807) is 25.1 Å². The van der Waals surface area contributed by atoms with Crippen LogP contribution in [0.25, 0.3) is 0 Å². The minimum Gasteiger partial charge on any atom is -0.383 e. The molecule has 4 rings (SSSR count). The zero-order valence-electron chi connectivity index (χ0n) is 18.1. The monoisotopic (exact) mass is 654 g/mol. The summed E-state index contributed by atoms with van der Waals surface area (Å²) in [6.07, 6.45) is 0.454. The van der Waals surface area contributed by atoms with Gasteiger partial charge in [-0.3, -0.25) is 9.59 Å². The van der Waals surface area contributed by atoms with E-state index in [0.29, 0.717) is 23.2 Å². The van der Waals surface area contributed by atoms with Crippen molar-refractivity contribution in [2.45, 2.75) is 6.92 Å². The molecule has 3 aromatic rings. The molecule has 3 aromatic carbocycles. The summed E-state index contributed by atoms with van der Waals surface area (Å²) in [6.45, 7) is 1.72. The van der Waals surface area contributed by atoms with Gasteiger partial charge in [-0.1, -0.05) is 98.9 Å². The number of carbonyl (C=O) groups is 2. The number of amidine groups is 2. The first-order valence-electron chi connectivity index (χ1n) is 9.92. The van der Waals surface area contributed by atoms with Crippen molar-refractivity contribution >= 4 is 128 Å². The van der Waals surface area contributed by atoms with E-state index in [1.807, 2.05) is 0 Å². The molecule has 0 unspecified atom stereocenters. The Morgan fingerprint density at radius 3 is 1.97 bits per heavy atom. The quantitative estimate of drug-likeness (QED) is 0.0964. The third kappa shape index (κ3) is 4.79. The van der Waals surface area contributed by atoms with Gasteiger partial charge in [-0.2, -0.15) is 0 Å². The number of benzene rings is 3. The van der Waals surface area contributed by atoms with Crippen LogP contribution in [0.4, 0.5) is 11.4 Å². The molecule has 190 valence electrons. The Balaban J connectivity index is 1.86. The van der Waals surface area contributed by atoms with E-state index in [2.05, 4.69) is 15.3 Å². The highest BCUT2D eigenvalue weighted by Gasteiger charge is 2.34. The van der Waals surface area contributed by atoms with Crippen LogP contribution in [0.2, 0.25) is 40.2 Å². The molecule has 0 atom stereocenters. The summed E-state index contributed by atoms with van der Waals surface area (Å²) in [5, 5.41) is 2.20. The highest BCUT2D eigenvalue weighted by Crippen LogP contribution is 2.44. The number of aliphatic imine (C=N–C) groups is 2. The number of amides is 1. The topological polar surface area (TPSA) is 96.9 Å². The zero-order valence-corrected chi connectivity index (χ0v) is 24.2. The Morgan fingerprint density at radius 1 is 0.811 bits per heavy atom. The first-order valence-corrected chi connectivity index (χ1v) is 12.9. The molecule has 3 N–H and O–H groups in total. The summed E-state index contributed by atoms with van der Waals surface area (Å²) < 4.78 is 0. The molecule has 0 bridgehead atoms. The van der Waals surface area contributed by atoms with Crippen LogP contribution < -0.4 is 11.1 Å². The number of aldehydes is 1. The molecule has 0 fully saturated rings. The van der Waals surface area contributed by atoms with Gasteiger partial charge in [0.05, 0.1) is 62.7 Å². The summed E-state index contributed by atoms with van der Waals surface area (Å²) in [4.78, 5) is 33.2. The lowest BCUT2D eigenvalue weighted by Gasteiger charge is -2.13. The van der Waals surface area contributed by atoms with Crippen molar-refractivity contribution in [3.63, 3.8) is 0 Å². The van der Waals surface area contributed by atoms with E-state index in [9.17, 15) is 9.59 Å². The molecule has 6 nitrogen and oxygen atoms in total. The molecule has 0 radical (unpaired) electrons. The van der Waals surface area contributed by atoms with Crippen molar-refractivity contribution in [2.24, 2.45) is 15.7 Å². The number of hydrogen-bond acceptors (Lipinski definition) is 4. The molecular weight excluding hydrogens is 648 g/mol. The lowest BCUT2D eigenvalue weighted by Crippen LogP contribution is -2.21. The molecule has 0 saturated carbocycles. The predicted molar refractivity (Wildman–Crippen MR) is 154 cm³/mol. The fourth-order valence-electron chi connectivity index (χ4n) is 3.55. The second-order valence-corrected chi connectivity index (χ2v) is 10.5. The number of nitrogens with two attached hydrogens (primary N) is 1. The third-order valence-corrected chi connectivity index (χ3v) is 9.01. The lowest BCUT2D eigenvalue weighted by molar-refractivity contribution is 0.0983. The van der Waals surface area contributed by atoms with Crippen LogP contribution in [-0.4, -0.2) is 23.9 Å². The fourth-order valence-corrected chi connectivity index (χ4v) is 5.59. The van der Waals surface area contributed by atoms with Crippen molar-refractivity contribution in [2.75, 3.05) is 0 Å². The summed E-state index contributed by atoms with van der Waals surface area (Å²) in [6, 6.07) is 4.99. The predicted octanol–water partition coefficient (Wildman–Crippen LogP) is 8.89. The van der Waals surface area contributed by atoms with Crippen LogP contribution in [0.3, 0.4) is 0 Å². The Labute approximate surface area is 250 Å². The maximum atomic E-state index is 12.6. The van der Waals surface area contributed by atoms with Crippen LogP contribution in [0.5, 0.6) is 0 Å². The molecule has 1 amide bonds. The third-order valence-electron chi connectivity index (χ3n) is 5.39. The Bertz CT molecular complexity index is 1600. The summed E-state index contributed by atoms with van der Waals surface area (Å²) in [7, 11) is 0. The van der Waals surface area contributed by atoms with Gasteiger partial charge in [0.1, 0.15) is 11.7 Å². The first kappa shape index (κ1) is 28.3. The second-order valence-electron chi connectivity index (χ2n) is 7.50. The molecule has 0 saturated heterocycles. The average Bonchev–Trinajstić information content (AvgIpc) is 3.19. The standard InChI is InChI=1S/C23H10Cl8N4O2/c1-6-8(33-21(32)10-7(5-36)13(24)17(28)18(29)14(10)25)3-2-4-9(6)34-22-11-12(23(37)35-22)16(27)20(31)19(30)15(11)26/h2-5H,1H3,(H2,32,33)(H,34,35,37). The van der Waals surface area contributed by atoms with Gasteiger partial charge in [0.15, 0.2) is 6.29 Å². The maximum Gasteiger partial charge on any atom is 0.259 e. The number of halogens is 8. The van der Waals surface area contributed by atoms with Crippen molar-refractivity contribution < 1.29 is 9.59 Å². The van der Waals surface area contributed by atoms with Crippen LogP contribution in [0.15, 0.2) is 28.2 Å². The first-order chi connectivity index (χ1) is 17.4. The van der Waals surface area contributed by atoms with Crippen LogP contribution in [-0.2, 0) is 0 Å². The lowest BCUT2D eigenvalue weighted by atomic mass is 10.1. The molecule has 37 heavy (non-hydrogen) atoms. The number of nitrogens with one attached hydrogen (secondary N) is 1. The van der Waals surface area contributed by atoms with Gasteiger partial charge in [-0.05, 0) is 19.1 Å². The average molecular weight is 658 g/mol. The molecule has 1 aliphatic heterocycles. The second kappa shape index (κ2) is 10.8. The Morgan fingerprint density at radius 2 is 1.35 bits per heavy atom. The molecule has 0 aromatic heterocycles. The smallest absolute Gasteiger partial charge is 0.259 e. The van der Waals surface area contributed by atoms with Crippen molar-refractivity contribution in [1.29, 1.82) is 0 Å². The zero-order chi connectivity index (χ0) is 27.3. The highest BCUT2D eigenvalue weighted by molar-refractivity contribution is 6.56. The minimum atomic E-state index is -0.539. The number of rotatable bonds is 4. The van der Waals surface area contributed by atoms with Crippen LogP contribution in [0.1, 0.15) is 37.4 Å².